The first-order chi connectivity index (χ1) is 6.68. The summed E-state index contributed by atoms with van der Waals surface area (Å²) in [4.78, 5) is 11.0. The summed E-state index contributed by atoms with van der Waals surface area (Å²) in [6.07, 6.45) is 2.96. The summed E-state index contributed by atoms with van der Waals surface area (Å²) in [5.74, 6) is -0.496. The molecule has 2 nitrogen and oxygen atoms in total. The van der Waals surface area contributed by atoms with Crippen LogP contribution >= 0.6 is 35.8 Å². The van der Waals surface area contributed by atoms with Crippen LogP contribution < -0.4 is 0 Å². The fourth-order valence-corrected chi connectivity index (χ4v) is 2.06. The van der Waals surface area contributed by atoms with Gasteiger partial charge in [-0.15, -0.1) is 0 Å². The van der Waals surface area contributed by atoms with Gasteiger partial charge in [-0.25, -0.2) is 0 Å². The average Bonchev–Trinajstić information content (AvgIpc) is 2.15. The van der Waals surface area contributed by atoms with E-state index < -0.39 is 23.9 Å². The molecule has 0 fully saturated rings. The Balaban J connectivity index is 2.52. The van der Waals surface area contributed by atoms with E-state index in [4.69, 9.17) is 17.8 Å². The molecule has 0 atom stereocenters. The van der Waals surface area contributed by atoms with Crippen molar-refractivity contribution in [2.24, 2.45) is 0 Å². The van der Waals surface area contributed by atoms with Crippen LogP contribution in [-0.2, 0) is 7.86 Å². The maximum absolute atomic E-state index is 11.0. The molecule has 0 aliphatic rings. The Hall–Kier alpha value is -0.260. The van der Waals surface area contributed by atoms with Gasteiger partial charge in [0.2, 0.25) is 0 Å². The number of rotatable bonds is 3. The topological polar surface area (TPSA) is 26.3 Å². The number of carbonyl (C=O) groups excluding carboxylic acids is 1. The van der Waals surface area contributed by atoms with Crippen molar-refractivity contribution in [2.45, 2.75) is 0 Å². The van der Waals surface area contributed by atoms with Gasteiger partial charge in [0.25, 0.3) is 0 Å². The molecule has 1 rings (SSSR count). The Labute approximate surface area is 97.2 Å². The summed E-state index contributed by atoms with van der Waals surface area (Å²) in [6, 6.07) is 9.42. The van der Waals surface area contributed by atoms with E-state index in [9.17, 15) is 4.79 Å². The van der Waals surface area contributed by atoms with Gasteiger partial charge >= 0.3 is 97.7 Å². The first-order valence-electron chi connectivity index (χ1n) is 3.67. The molecule has 1 aromatic carbocycles. The second-order valence-corrected chi connectivity index (χ2v) is 8.19. The van der Waals surface area contributed by atoms with Crippen molar-refractivity contribution in [1.82, 2.24) is 0 Å². The van der Waals surface area contributed by atoms with E-state index in [0.29, 0.717) is 0 Å². The summed E-state index contributed by atoms with van der Waals surface area (Å²) < 4.78 is 4.63. The van der Waals surface area contributed by atoms with E-state index in [1.807, 2.05) is 30.3 Å². The molecule has 0 saturated heterocycles. The van der Waals surface area contributed by atoms with Crippen LogP contribution in [-0.4, -0.2) is 5.97 Å². The Morgan fingerprint density at radius 1 is 1.29 bits per heavy atom. The Kier molecular flexibility index (Phi) is 5.29. The molecule has 0 radical (unpaired) electrons. The van der Waals surface area contributed by atoms with E-state index in [2.05, 4.69) is 3.07 Å². The molecule has 0 unspecified atom stereocenters. The Morgan fingerprint density at radius 2 is 1.93 bits per heavy atom. The zero-order valence-electron chi connectivity index (χ0n) is 6.99. The fourth-order valence-electron chi connectivity index (χ4n) is 0.812. The van der Waals surface area contributed by atoms with Crippen molar-refractivity contribution in [3.63, 3.8) is 0 Å². The van der Waals surface area contributed by atoms with Gasteiger partial charge < -0.3 is 0 Å². The molecule has 5 heteroatoms. The van der Waals surface area contributed by atoms with Crippen molar-refractivity contribution >= 4 is 47.8 Å². The van der Waals surface area contributed by atoms with Gasteiger partial charge in [0, 0.05) is 0 Å². The predicted octanol–water partition coefficient (Wildman–Crippen LogP) is 3.97. The van der Waals surface area contributed by atoms with E-state index in [-0.39, 0.29) is 0 Å². The van der Waals surface area contributed by atoms with Crippen LogP contribution in [0.25, 0.3) is 6.08 Å². The van der Waals surface area contributed by atoms with Crippen LogP contribution in [0.2, 0.25) is 0 Å². The van der Waals surface area contributed by atoms with Crippen molar-refractivity contribution in [1.29, 1.82) is 0 Å². The third-order valence-corrected chi connectivity index (χ3v) is 2.90. The molecule has 0 saturated carbocycles. The molecule has 0 aromatic heterocycles. The monoisotopic (exact) mass is 344 g/mol. The summed E-state index contributed by atoms with van der Waals surface area (Å²) in [5, 5.41) is 0. The van der Waals surface area contributed by atoms with Gasteiger partial charge in [-0.3, -0.25) is 0 Å². The number of carbonyl (C=O) groups is 1. The van der Waals surface area contributed by atoms with E-state index in [1.54, 1.807) is 6.08 Å². The van der Waals surface area contributed by atoms with Crippen LogP contribution in [0.1, 0.15) is 5.56 Å². The molecular weight excluding hydrogens is 338 g/mol. The number of halogens is 3. The SMILES string of the molecule is O=C(/C=C/c1ccccc1)OI(Cl)Cl. The van der Waals surface area contributed by atoms with E-state index in [0.717, 1.165) is 5.56 Å². The minimum absolute atomic E-state index is 0.496. The van der Waals surface area contributed by atoms with Crippen LogP contribution in [0.5, 0.6) is 0 Å². The molecule has 0 amide bonds. The molecule has 0 N–H and O–H groups in total. The summed E-state index contributed by atoms with van der Waals surface area (Å²) in [5.41, 5.74) is 0.925. The maximum atomic E-state index is 11.0. The second kappa shape index (κ2) is 6.27. The summed E-state index contributed by atoms with van der Waals surface area (Å²) in [7, 11) is 10.8. The molecule has 0 aliphatic carbocycles. The molecular formula is C9H7Cl2IO2. The first-order valence-corrected chi connectivity index (χ1v) is 10.0. The van der Waals surface area contributed by atoms with Crippen molar-refractivity contribution in [3.05, 3.63) is 42.0 Å². The van der Waals surface area contributed by atoms with Crippen molar-refractivity contribution in [3.8, 4) is 0 Å². The van der Waals surface area contributed by atoms with Crippen LogP contribution in [0.4, 0.5) is 0 Å². The van der Waals surface area contributed by atoms with Crippen molar-refractivity contribution in [2.75, 3.05) is 0 Å². The molecule has 0 heterocycles. The van der Waals surface area contributed by atoms with Crippen LogP contribution in [0.3, 0.4) is 0 Å². The fraction of sp³-hybridized carbons (Fsp3) is 0. The number of hydrogen-bond donors (Lipinski definition) is 0. The van der Waals surface area contributed by atoms with E-state index >= 15 is 0 Å². The predicted molar refractivity (Wildman–Crippen MR) is 67.3 cm³/mol. The van der Waals surface area contributed by atoms with Gasteiger partial charge in [0.05, 0.1) is 0 Å². The number of hydrogen-bond acceptors (Lipinski definition) is 2. The Morgan fingerprint density at radius 3 is 2.50 bits per heavy atom. The van der Waals surface area contributed by atoms with Gasteiger partial charge in [0.15, 0.2) is 0 Å². The second-order valence-electron chi connectivity index (χ2n) is 2.31. The standard InChI is InChI=1S/C9H7Cl2IO2/c10-12(11)14-9(13)7-6-8-4-2-1-3-5-8/h1-7H/b7-6+. The van der Waals surface area contributed by atoms with Crippen molar-refractivity contribution < 1.29 is 7.86 Å². The zero-order chi connectivity index (χ0) is 10.4. The van der Waals surface area contributed by atoms with E-state index in [1.165, 1.54) is 6.08 Å². The third kappa shape index (κ3) is 4.83. The third-order valence-electron chi connectivity index (χ3n) is 1.35. The number of benzene rings is 1. The summed E-state index contributed by atoms with van der Waals surface area (Å²) >= 11 is -2.46. The van der Waals surface area contributed by atoms with Gasteiger partial charge in [-0.1, -0.05) is 0 Å². The van der Waals surface area contributed by atoms with Gasteiger partial charge in [-0.05, 0) is 0 Å². The van der Waals surface area contributed by atoms with Gasteiger partial charge in [-0.2, -0.15) is 0 Å². The molecule has 14 heavy (non-hydrogen) atoms. The molecule has 1 aromatic rings. The summed E-state index contributed by atoms with van der Waals surface area (Å²) in [6.45, 7) is 0. The first kappa shape index (κ1) is 11.8. The van der Waals surface area contributed by atoms with Crippen LogP contribution in [0, 0.1) is 0 Å². The Bertz CT molecular complexity index is 325. The normalized spacial score (nSPS) is 11.4. The zero-order valence-corrected chi connectivity index (χ0v) is 10.7. The quantitative estimate of drug-likeness (QED) is 0.612. The molecule has 0 spiro atoms. The molecule has 76 valence electrons. The molecule has 0 aliphatic heterocycles. The molecule has 0 bridgehead atoms. The minimum atomic E-state index is -2.46. The van der Waals surface area contributed by atoms with Gasteiger partial charge in [0.1, 0.15) is 0 Å². The van der Waals surface area contributed by atoms with Crippen LogP contribution in [0.15, 0.2) is 36.4 Å². The average molecular weight is 345 g/mol.